The summed E-state index contributed by atoms with van der Waals surface area (Å²) in [7, 11) is 0. The van der Waals surface area contributed by atoms with Crippen LogP contribution in [0.1, 0.15) is 43.7 Å². The Labute approximate surface area is 161 Å². The molecule has 0 bridgehead atoms. The lowest BCUT2D eigenvalue weighted by Gasteiger charge is -2.23. The van der Waals surface area contributed by atoms with Crippen molar-refractivity contribution in [2.45, 2.75) is 63.9 Å². The zero-order valence-corrected chi connectivity index (χ0v) is 16.5. The van der Waals surface area contributed by atoms with Crippen LogP contribution in [0.25, 0.3) is 0 Å². The van der Waals surface area contributed by atoms with Crippen LogP contribution in [-0.2, 0) is 17.9 Å². The average molecular weight is 445 g/mol. The summed E-state index contributed by atoms with van der Waals surface area (Å²) in [6.07, 6.45) is 4.94. The Bertz CT molecular complexity index is 543. The molecule has 5 nitrogen and oxygen atoms in total. The minimum Gasteiger partial charge on any atom is -0.392 e. The van der Waals surface area contributed by atoms with E-state index < -0.39 is 0 Å². The summed E-state index contributed by atoms with van der Waals surface area (Å²) in [6.45, 7) is 3.64. The number of halogens is 1. The van der Waals surface area contributed by atoms with Gasteiger partial charge in [0.2, 0.25) is 0 Å². The molecular formula is C18H28IN3O2. The maximum absolute atomic E-state index is 9.43. The highest BCUT2D eigenvalue weighted by atomic mass is 127. The smallest absolute Gasteiger partial charge is 0.192 e. The zero-order valence-electron chi connectivity index (χ0n) is 14.2. The fourth-order valence-corrected chi connectivity index (χ4v) is 2.89. The third kappa shape index (κ3) is 5.60. The fraction of sp³-hybridized carbons (Fsp3) is 0.611. The van der Waals surface area contributed by atoms with Crippen molar-refractivity contribution in [1.29, 1.82) is 0 Å². The number of aliphatic hydroxyl groups is 1. The van der Waals surface area contributed by atoms with Crippen LogP contribution in [0.15, 0.2) is 29.3 Å². The highest BCUT2D eigenvalue weighted by molar-refractivity contribution is 14.0. The van der Waals surface area contributed by atoms with Crippen LogP contribution < -0.4 is 10.6 Å². The lowest BCUT2D eigenvalue weighted by molar-refractivity contribution is 0.0890. The van der Waals surface area contributed by atoms with Crippen LogP contribution in [0, 0.1) is 0 Å². The van der Waals surface area contributed by atoms with E-state index in [1.165, 1.54) is 12.8 Å². The van der Waals surface area contributed by atoms with E-state index in [1.54, 1.807) is 0 Å². The molecule has 1 saturated heterocycles. The predicted octanol–water partition coefficient (Wildman–Crippen LogP) is 2.56. The summed E-state index contributed by atoms with van der Waals surface area (Å²) >= 11 is 0. The molecule has 0 radical (unpaired) electrons. The number of nitrogens with zero attached hydrogens (tertiary/aromatic N) is 1. The number of ether oxygens (including phenoxy) is 1. The van der Waals surface area contributed by atoms with Gasteiger partial charge in [0, 0.05) is 12.6 Å². The van der Waals surface area contributed by atoms with E-state index in [2.05, 4.69) is 17.6 Å². The molecule has 1 heterocycles. The number of aliphatic hydroxyl groups excluding tert-OH is 1. The molecule has 1 aromatic rings. The average Bonchev–Trinajstić information content (AvgIpc) is 3.21. The lowest BCUT2D eigenvalue weighted by Crippen LogP contribution is -2.47. The van der Waals surface area contributed by atoms with Crippen LogP contribution in [0.2, 0.25) is 0 Å². The Hall–Kier alpha value is -0.860. The standard InChI is InChI=1S/C18H27N3O2.HI/c1-13(17-7-4-10-23-17)20-18(21-16-8-9-16)19-11-14-5-2-3-6-15(14)12-22;/h2-3,5-6,13,16-17,22H,4,7-12H2,1H3,(H2,19,20,21);1H. The molecule has 2 fully saturated rings. The maximum Gasteiger partial charge on any atom is 0.192 e. The highest BCUT2D eigenvalue weighted by Gasteiger charge is 2.26. The van der Waals surface area contributed by atoms with Crippen LogP contribution >= 0.6 is 24.0 Å². The van der Waals surface area contributed by atoms with Crippen LogP contribution in [0.5, 0.6) is 0 Å². The van der Waals surface area contributed by atoms with Gasteiger partial charge < -0.3 is 20.5 Å². The normalized spacial score (nSPS) is 21.9. The van der Waals surface area contributed by atoms with E-state index in [9.17, 15) is 5.11 Å². The Morgan fingerprint density at radius 2 is 2.04 bits per heavy atom. The van der Waals surface area contributed by atoms with Crippen molar-refractivity contribution in [1.82, 2.24) is 10.6 Å². The van der Waals surface area contributed by atoms with Gasteiger partial charge in [-0.25, -0.2) is 4.99 Å². The molecule has 3 rings (SSSR count). The van der Waals surface area contributed by atoms with Crippen LogP contribution in [0.4, 0.5) is 0 Å². The lowest BCUT2D eigenvalue weighted by atomic mass is 10.1. The van der Waals surface area contributed by atoms with Gasteiger partial charge in [-0.1, -0.05) is 24.3 Å². The van der Waals surface area contributed by atoms with Crippen molar-refractivity contribution in [3.8, 4) is 0 Å². The van der Waals surface area contributed by atoms with Gasteiger partial charge in [-0.05, 0) is 43.7 Å². The van der Waals surface area contributed by atoms with Gasteiger partial charge in [0.25, 0.3) is 0 Å². The second kappa shape index (κ2) is 9.58. The summed E-state index contributed by atoms with van der Waals surface area (Å²) in [5, 5.41) is 16.4. The first-order chi connectivity index (χ1) is 11.3. The summed E-state index contributed by atoms with van der Waals surface area (Å²) in [6, 6.07) is 8.69. The number of nitrogens with one attached hydrogen (secondary N) is 2. The number of rotatable bonds is 6. The summed E-state index contributed by atoms with van der Waals surface area (Å²) in [4.78, 5) is 4.72. The summed E-state index contributed by atoms with van der Waals surface area (Å²) < 4.78 is 5.76. The zero-order chi connectivity index (χ0) is 16.1. The van der Waals surface area contributed by atoms with Gasteiger partial charge in [0.05, 0.1) is 25.3 Å². The van der Waals surface area contributed by atoms with Gasteiger partial charge in [0.15, 0.2) is 5.96 Å². The molecule has 0 amide bonds. The minimum absolute atomic E-state index is 0. The molecule has 0 aromatic heterocycles. The third-order valence-corrected chi connectivity index (χ3v) is 4.50. The van der Waals surface area contributed by atoms with Crippen molar-refractivity contribution < 1.29 is 9.84 Å². The largest absolute Gasteiger partial charge is 0.392 e. The maximum atomic E-state index is 9.43. The molecule has 2 unspecified atom stereocenters. The SMILES string of the molecule is CC(NC(=NCc1ccccc1CO)NC1CC1)C1CCCO1.I. The molecule has 2 atom stereocenters. The fourth-order valence-electron chi connectivity index (χ4n) is 2.89. The van der Waals surface area contributed by atoms with Crippen molar-refractivity contribution in [2.75, 3.05) is 6.61 Å². The molecule has 24 heavy (non-hydrogen) atoms. The molecule has 2 aliphatic rings. The Kier molecular flexibility index (Phi) is 7.77. The quantitative estimate of drug-likeness (QED) is 0.358. The van der Waals surface area contributed by atoms with Gasteiger partial charge >= 0.3 is 0 Å². The topological polar surface area (TPSA) is 65.9 Å². The van der Waals surface area contributed by atoms with E-state index in [0.717, 1.165) is 36.5 Å². The Morgan fingerprint density at radius 3 is 2.67 bits per heavy atom. The molecule has 6 heteroatoms. The first-order valence-corrected chi connectivity index (χ1v) is 8.63. The number of hydrogen-bond acceptors (Lipinski definition) is 3. The summed E-state index contributed by atoms with van der Waals surface area (Å²) in [5.74, 6) is 0.850. The second-order valence-corrected chi connectivity index (χ2v) is 6.49. The minimum atomic E-state index is 0. The van der Waals surface area contributed by atoms with E-state index in [1.807, 2.05) is 24.3 Å². The molecule has 0 spiro atoms. The molecule has 1 aliphatic heterocycles. The molecule has 1 saturated carbocycles. The molecule has 3 N–H and O–H groups in total. The third-order valence-electron chi connectivity index (χ3n) is 4.50. The second-order valence-electron chi connectivity index (χ2n) is 6.49. The van der Waals surface area contributed by atoms with Crippen LogP contribution in [0.3, 0.4) is 0 Å². The first-order valence-electron chi connectivity index (χ1n) is 8.63. The van der Waals surface area contributed by atoms with Crippen molar-refractivity contribution >= 4 is 29.9 Å². The molecule has 1 aromatic carbocycles. The van der Waals surface area contributed by atoms with Gasteiger partial charge in [0.1, 0.15) is 0 Å². The number of guanidine groups is 1. The van der Waals surface area contributed by atoms with Crippen LogP contribution in [-0.4, -0.2) is 35.9 Å². The highest BCUT2D eigenvalue weighted by Crippen LogP contribution is 2.19. The van der Waals surface area contributed by atoms with E-state index in [0.29, 0.717) is 12.6 Å². The number of hydrogen-bond donors (Lipinski definition) is 3. The van der Waals surface area contributed by atoms with Crippen molar-refractivity contribution in [3.63, 3.8) is 0 Å². The number of aliphatic imine (C=N–C) groups is 1. The number of benzene rings is 1. The van der Waals surface area contributed by atoms with Crippen molar-refractivity contribution in [3.05, 3.63) is 35.4 Å². The van der Waals surface area contributed by atoms with Gasteiger partial charge in [-0.2, -0.15) is 0 Å². The summed E-state index contributed by atoms with van der Waals surface area (Å²) in [5.41, 5.74) is 2.01. The predicted molar refractivity (Wildman–Crippen MR) is 107 cm³/mol. The van der Waals surface area contributed by atoms with Crippen molar-refractivity contribution in [2.24, 2.45) is 4.99 Å². The van der Waals surface area contributed by atoms with E-state index >= 15 is 0 Å². The monoisotopic (exact) mass is 445 g/mol. The molecule has 134 valence electrons. The van der Waals surface area contributed by atoms with E-state index in [4.69, 9.17) is 9.73 Å². The molecular weight excluding hydrogens is 417 g/mol. The molecule has 1 aliphatic carbocycles. The first kappa shape index (κ1) is 19.5. The Balaban J connectivity index is 0.00000208. The van der Waals surface area contributed by atoms with Gasteiger partial charge in [-0.3, -0.25) is 0 Å². The Morgan fingerprint density at radius 1 is 1.29 bits per heavy atom. The van der Waals surface area contributed by atoms with E-state index in [-0.39, 0.29) is 42.7 Å². The van der Waals surface area contributed by atoms with Gasteiger partial charge in [-0.15, -0.1) is 24.0 Å².